The number of anilines is 1. The van der Waals surface area contributed by atoms with Crippen molar-refractivity contribution in [3.05, 3.63) is 108 Å². The number of amides is 2. The molecule has 0 aromatic heterocycles. The van der Waals surface area contributed by atoms with Crippen molar-refractivity contribution < 1.29 is 28.6 Å². The maximum absolute atomic E-state index is 12.4. The lowest BCUT2D eigenvalue weighted by atomic mass is 9.98. The summed E-state index contributed by atoms with van der Waals surface area (Å²) in [5, 5.41) is 5.24. The second-order valence-corrected chi connectivity index (χ2v) is 7.82. The summed E-state index contributed by atoms with van der Waals surface area (Å²) < 4.78 is 15.4. The molecule has 186 valence electrons. The summed E-state index contributed by atoms with van der Waals surface area (Å²) >= 11 is 0. The normalized spacial score (nSPS) is 11.0. The van der Waals surface area contributed by atoms with Gasteiger partial charge in [0.05, 0.1) is 12.8 Å². The molecule has 0 spiro atoms. The zero-order valence-corrected chi connectivity index (χ0v) is 19.9. The van der Waals surface area contributed by atoms with Gasteiger partial charge in [-0.3, -0.25) is 5.32 Å². The first-order chi connectivity index (χ1) is 17.5. The molecule has 8 nitrogen and oxygen atoms in total. The van der Waals surface area contributed by atoms with Gasteiger partial charge >= 0.3 is 18.2 Å². The van der Waals surface area contributed by atoms with E-state index < -0.39 is 24.2 Å². The van der Waals surface area contributed by atoms with E-state index in [4.69, 9.17) is 14.2 Å². The molecule has 0 unspecified atom stereocenters. The first kappa shape index (κ1) is 26.0. The Morgan fingerprint density at radius 2 is 1.31 bits per heavy atom. The summed E-state index contributed by atoms with van der Waals surface area (Å²) in [4.78, 5) is 37.0. The smallest absolute Gasteiger partial charge is 0.411 e. The van der Waals surface area contributed by atoms with Crippen LogP contribution in [0.4, 0.5) is 15.3 Å². The zero-order chi connectivity index (χ0) is 25.8. The van der Waals surface area contributed by atoms with Crippen LogP contribution < -0.4 is 10.6 Å². The number of rotatable bonds is 10. The summed E-state index contributed by atoms with van der Waals surface area (Å²) in [7, 11) is 1.23. The Morgan fingerprint density at radius 3 is 1.89 bits per heavy atom. The van der Waals surface area contributed by atoms with Gasteiger partial charge in [0, 0.05) is 12.0 Å². The van der Waals surface area contributed by atoms with Gasteiger partial charge in [0.25, 0.3) is 0 Å². The first-order valence-electron chi connectivity index (χ1n) is 11.3. The molecule has 1 atom stereocenters. The van der Waals surface area contributed by atoms with Gasteiger partial charge in [0.2, 0.25) is 0 Å². The van der Waals surface area contributed by atoms with E-state index >= 15 is 0 Å². The molecule has 0 aliphatic carbocycles. The second kappa shape index (κ2) is 13.3. The predicted octanol–water partition coefficient (Wildman–Crippen LogP) is 5.31. The van der Waals surface area contributed by atoms with E-state index in [0.29, 0.717) is 16.8 Å². The summed E-state index contributed by atoms with van der Waals surface area (Å²) in [6.07, 6.45) is -1.37. The van der Waals surface area contributed by atoms with Crippen molar-refractivity contribution in [3.8, 4) is 0 Å². The molecule has 3 rings (SSSR count). The van der Waals surface area contributed by atoms with Crippen molar-refractivity contribution in [1.29, 1.82) is 0 Å². The molecule has 2 amide bonds. The highest BCUT2D eigenvalue weighted by atomic mass is 16.6. The lowest BCUT2D eigenvalue weighted by Crippen LogP contribution is -2.41. The Hall–Kier alpha value is -4.59. The number of para-hydroxylation sites is 1. The van der Waals surface area contributed by atoms with E-state index in [-0.39, 0.29) is 19.6 Å². The molecule has 0 aliphatic rings. The van der Waals surface area contributed by atoms with Crippen molar-refractivity contribution in [3.63, 3.8) is 0 Å². The maximum atomic E-state index is 12.4. The van der Waals surface area contributed by atoms with Crippen LogP contribution >= 0.6 is 0 Å². The van der Waals surface area contributed by atoms with E-state index in [9.17, 15) is 14.4 Å². The van der Waals surface area contributed by atoms with Crippen molar-refractivity contribution in [2.75, 3.05) is 12.4 Å². The van der Waals surface area contributed by atoms with Crippen LogP contribution in [0.15, 0.2) is 91.5 Å². The standard InChI is InChI=1S/C28H28N2O6/c1-20(17-25(26(31)34-2)30-28(33)36-19-22-13-7-4-8-14-22)23-15-9-10-16-24(23)29-27(32)35-18-21-11-5-3-6-12-21/h3-16,25H,1,17-19H2,2H3,(H,29,32)(H,30,33)/t25-/m1/s1. The zero-order valence-electron chi connectivity index (χ0n) is 19.9. The van der Waals surface area contributed by atoms with Crippen molar-refractivity contribution >= 4 is 29.4 Å². The fourth-order valence-corrected chi connectivity index (χ4v) is 3.37. The number of esters is 1. The summed E-state index contributed by atoms with van der Waals surface area (Å²) in [6, 6.07) is 24.4. The van der Waals surface area contributed by atoms with Gasteiger partial charge in [-0.2, -0.15) is 0 Å². The van der Waals surface area contributed by atoms with Gasteiger partial charge in [0.1, 0.15) is 19.3 Å². The molecule has 0 saturated heterocycles. The van der Waals surface area contributed by atoms with Crippen LogP contribution in [0.1, 0.15) is 23.1 Å². The number of carbonyl (C=O) groups excluding carboxylic acids is 3. The molecule has 36 heavy (non-hydrogen) atoms. The van der Waals surface area contributed by atoms with Gasteiger partial charge < -0.3 is 19.5 Å². The summed E-state index contributed by atoms with van der Waals surface area (Å²) in [5.74, 6) is -0.652. The number of hydrogen-bond acceptors (Lipinski definition) is 6. The lowest BCUT2D eigenvalue weighted by molar-refractivity contribution is -0.142. The van der Waals surface area contributed by atoms with E-state index in [1.165, 1.54) is 7.11 Å². The van der Waals surface area contributed by atoms with Gasteiger partial charge in [-0.1, -0.05) is 85.4 Å². The summed E-state index contributed by atoms with van der Waals surface area (Å²) in [6.45, 7) is 4.23. The van der Waals surface area contributed by atoms with Crippen LogP contribution in [-0.4, -0.2) is 31.3 Å². The molecule has 8 heteroatoms. The molecule has 0 aliphatic heterocycles. The van der Waals surface area contributed by atoms with E-state index in [2.05, 4.69) is 17.2 Å². The Balaban J connectivity index is 1.61. The third-order valence-corrected chi connectivity index (χ3v) is 5.20. The Kier molecular flexibility index (Phi) is 9.64. The monoisotopic (exact) mass is 488 g/mol. The number of methoxy groups -OCH3 is 1. The molecule has 0 bridgehead atoms. The Labute approximate surface area is 209 Å². The van der Waals surface area contributed by atoms with Gasteiger partial charge in [-0.15, -0.1) is 0 Å². The fraction of sp³-hybridized carbons (Fsp3) is 0.179. The van der Waals surface area contributed by atoms with Crippen LogP contribution in [0.25, 0.3) is 5.57 Å². The van der Waals surface area contributed by atoms with Crippen molar-refractivity contribution in [2.24, 2.45) is 0 Å². The molecule has 3 aromatic carbocycles. The van der Waals surface area contributed by atoms with Crippen molar-refractivity contribution in [2.45, 2.75) is 25.7 Å². The molecular formula is C28H28N2O6. The molecule has 0 heterocycles. The van der Waals surface area contributed by atoms with Gasteiger partial charge in [-0.25, -0.2) is 14.4 Å². The average Bonchev–Trinajstić information content (AvgIpc) is 2.91. The fourth-order valence-electron chi connectivity index (χ4n) is 3.37. The maximum Gasteiger partial charge on any atom is 0.411 e. The van der Waals surface area contributed by atoms with E-state index in [1.54, 1.807) is 24.3 Å². The topological polar surface area (TPSA) is 103 Å². The highest BCUT2D eigenvalue weighted by Crippen LogP contribution is 2.26. The molecule has 0 fully saturated rings. The third-order valence-electron chi connectivity index (χ3n) is 5.20. The third kappa shape index (κ3) is 8.02. The second-order valence-electron chi connectivity index (χ2n) is 7.82. The number of alkyl carbamates (subject to hydrolysis) is 1. The predicted molar refractivity (Wildman–Crippen MR) is 136 cm³/mol. The quantitative estimate of drug-likeness (QED) is 0.296. The molecule has 0 saturated carbocycles. The minimum absolute atomic E-state index is 0.0326. The first-order valence-corrected chi connectivity index (χ1v) is 11.3. The van der Waals surface area contributed by atoms with Crippen LogP contribution in [0, 0.1) is 0 Å². The van der Waals surface area contributed by atoms with Crippen LogP contribution in [0.5, 0.6) is 0 Å². The van der Waals surface area contributed by atoms with E-state index in [1.807, 2.05) is 60.7 Å². The Morgan fingerprint density at radius 1 is 0.778 bits per heavy atom. The molecule has 2 N–H and O–H groups in total. The molecule has 3 aromatic rings. The number of benzene rings is 3. The SMILES string of the molecule is C=C(C[C@@H](NC(=O)OCc1ccccc1)C(=O)OC)c1ccccc1NC(=O)OCc1ccccc1. The van der Waals surface area contributed by atoms with Crippen LogP contribution in [-0.2, 0) is 32.2 Å². The molecule has 0 radical (unpaired) electrons. The number of carbonyl (C=O) groups is 3. The number of hydrogen-bond donors (Lipinski definition) is 2. The van der Waals surface area contributed by atoms with Crippen molar-refractivity contribution in [1.82, 2.24) is 5.32 Å². The largest absolute Gasteiger partial charge is 0.467 e. The van der Waals surface area contributed by atoms with E-state index in [0.717, 1.165) is 11.1 Å². The number of nitrogens with one attached hydrogen (secondary N) is 2. The minimum Gasteiger partial charge on any atom is -0.467 e. The van der Waals surface area contributed by atoms with Crippen LogP contribution in [0.2, 0.25) is 0 Å². The lowest BCUT2D eigenvalue weighted by Gasteiger charge is -2.19. The Bertz CT molecular complexity index is 1180. The average molecular weight is 489 g/mol. The van der Waals surface area contributed by atoms with Gasteiger partial charge in [0.15, 0.2) is 0 Å². The highest BCUT2D eigenvalue weighted by molar-refractivity contribution is 5.91. The van der Waals surface area contributed by atoms with Gasteiger partial charge in [-0.05, 0) is 22.8 Å². The van der Waals surface area contributed by atoms with Crippen LogP contribution in [0.3, 0.4) is 0 Å². The highest BCUT2D eigenvalue weighted by Gasteiger charge is 2.24. The summed E-state index contributed by atoms with van der Waals surface area (Å²) in [5.41, 5.74) is 3.20. The molecular weight excluding hydrogens is 460 g/mol. The number of ether oxygens (including phenoxy) is 3. The minimum atomic E-state index is -1.04.